The SMILES string of the molecule is Clc1ccc(OC2CCCNCC2)c2ncccc12. The molecule has 1 aliphatic heterocycles. The molecule has 1 saturated heterocycles. The van der Waals surface area contributed by atoms with E-state index in [1.807, 2.05) is 24.3 Å². The van der Waals surface area contributed by atoms with Gasteiger partial charge in [-0.05, 0) is 56.6 Å². The Balaban J connectivity index is 1.90. The Kier molecular flexibility index (Phi) is 3.85. The van der Waals surface area contributed by atoms with Crippen LogP contribution in [-0.2, 0) is 0 Å². The lowest BCUT2D eigenvalue weighted by Crippen LogP contribution is -2.19. The van der Waals surface area contributed by atoms with Crippen LogP contribution in [0, 0.1) is 0 Å². The van der Waals surface area contributed by atoms with Gasteiger partial charge in [0.25, 0.3) is 0 Å². The molecule has 100 valence electrons. The topological polar surface area (TPSA) is 34.1 Å². The molecule has 1 aliphatic rings. The molecule has 2 heterocycles. The molecule has 0 spiro atoms. The molecule has 0 saturated carbocycles. The molecule has 0 aliphatic carbocycles. The van der Waals surface area contributed by atoms with E-state index < -0.39 is 0 Å². The zero-order chi connectivity index (χ0) is 13.1. The number of halogens is 1. The van der Waals surface area contributed by atoms with Gasteiger partial charge in [0.1, 0.15) is 17.4 Å². The molecule has 19 heavy (non-hydrogen) atoms. The molecule has 3 nitrogen and oxygen atoms in total. The van der Waals surface area contributed by atoms with Crippen molar-refractivity contribution in [2.45, 2.75) is 25.4 Å². The molecule has 0 bridgehead atoms. The molecule has 1 N–H and O–H groups in total. The zero-order valence-corrected chi connectivity index (χ0v) is 11.5. The van der Waals surface area contributed by atoms with Gasteiger partial charge in [0, 0.05) is 11.6 Å². The standard InChI is InChI=1S/C15H17ClN2O/c16-13-5-6-14(15-12(13)4-2-9-18-15)19-11-3-1-8-17-10-7-11/h2,4-6,9,11,17H,1,3,7-8,10H2. The van der Waals surface area contributed by atoms with E-state index in [-0.39, 0.29) is 6.10 Å². The van der Waals surface area contributed by atoms with E-state index >= 15 is 0 Å². The summed E-state index contributed by atoms with van der Waals surface area (Å²) in [6, 6.07) is 7.69. The van der Waals surface area contributed by atoms with E-state index in [4.69, 9.17) is 16.3 Å². The smallest absolute Gasteiger partial charge is 0.146 e. The van der Waals surface area contributed by atoms with E-state index in [2.05, 4.69) is 10.3 Å². The van der Waals surface area contributed by atoms with E-state index in [9.17, 15) is 0 Å². The molecule has 1 unspecified atom stereocenters. The third kappa shape index (κ3) is 2.82. The summed E-state index contributed by atoms with van der Waals surface area (Å²) in [7, 11) is 0. The first-order chi connectivity index (χ1) is 9.34. The number of hydrogen-bond acceptors (Lipinski definition) is 3. The van der Waals surface area contributed by atoms with Crippen molar-refractivity contribution in [1.29, 1.82) is 0 Å². The van der Waals surface area contributed by atoms with E-state index in [0.29, 0.717) is 0 Å². The van der Waals surface area contributed by atoms with Crippen molar-refractivity contribution < 1.29 is 4.74 Å². The monoisotopic (exact) mass is 276 g/mol. The first-order valence-corrected chi connectivity index (χ1v) is 7.13. The Morgan fingerprint density at radius 1 is 1.21 bits per heavy atom. The van der Waals surface area contributed by atoms with Crippen molar-refractivity contribution in [2.24, 2.45) is 0 Å². The predicted octanol–water partition coefficient (Wildman–Crippen LogP) is 3.41. The quantitative estimate of drug-likeness (QED) is 0.913. The molecule has 0 radical (unpaired) electrons. The Bertz CT molecular complexity index is 565. The molecule has 1 aromatic heterocycles. The summed E-state index contributed by atoms with van der Waals surface area (Å²) in [5, 5.41) is 5.07. The van der Waals surface area contributed by atoms with Crippen LogP contribution in [-0.4, -0.2) is 24.2 Å². The van der Waals surface area contributed by atoms with Crippen molar-refractivity contribution in [3.63, 3.8) is 0 Å². The fourth-order valence-electron chi connectivity index (χ4n) is 2.49. The molecular weight excluding hydrogens is 260 g/mol. The highest BCUT2D eigenvalue weighted by atomic mass is 35.5. The first kappa shape index (κ1) is 12.7. The minimum Gasteiger partial charge on any atom is -0.488 e. The third-order valence-electron chi connectivity index (χ3n) is 3.50. The lowest BCUT2D eigenvalue weighted by molar-refractivity contribution is 0.189. The second kappa shape index (κ2) is 5.76. The first-order valence-electron chi connectivity index (χ1n) is 6.75. The highest BCUT2D eigenvalue weighted by Crippen LogP contribution is 2.31. The van der Waals surface area contributed by atoms with Crippen LogP contribution in [0.1, 0.15) is 19.3 Å². The number of rotatable bonds is 2. The maximum atomic E-state index is 6.19. The van der Waals surface area contributed by atoms with Crippen molar-refractivity contribution in [1.82, 2.24) is 10.3 Å². The molecule has 4 heteroatoms. The summed E-state index contributed by atoms with van der Waals surface area (Å²) in [4.78, 5) is 4.41. The van der Waals surface area contributed by atoms with Crippen LogP contribution in [0.5, 0.6) is 5.75 Å². The van der Waals surface area contributed by atoms with Gasteiger partial charge >= 0.3 is 0 Å². The van der Waals surface area contributed by atoms with E-state index in [1.54, 1.807) is 6.20 Å². The number of hydrogen-bond donors (Lipinski definition) is 1. The number of pyridine rings is 1. The van der Waals surface area contributed by atoms with Crippen LogP contribution in [0.4, 0.5) is 0 Å². The number of benzene rings is 1. The second-order valence-corrected chi connectivity index (χ2v) is 5.27. The van der Waals surface area contributed by atoms with Crippen molar-refractivity contribution in [3.05, 3.63) is 35.5 Å². The number of aromatic nitrogens is 1. The highest BCUT2D eigenvalue weighted by Gasteiger charge is 2.15. The van der Waals surface area contributed by atoms with Gasteiger partial charge in [0.2, 0.25) is 0 Å². The number of fused-ring (bicyclic) bond motifs is 1. The minimum atomic E-state index is 0.265. The summed E-state index contributed by atoms with van der Waals surface area (Å²) in [5.74, 6) is 0.840. The normalized spacial score (nSPS) is 20.2. The van der Waals surface area contributed by atoms with E-state index in [1.165, 1.54) is 0 Å². The van der Waals surface area contributed by atoms with Crippen molar-refractivity contribution in [2.75, 3.05) is 13.1 Å². The number of nitrogens with one attached hydrogen (secondary N) is 1. The predicted molar refractivity (Wildman–Crippen MR) is 77.9 cm³/mol. The Hall–Kier alpha value is -1.32. The molecule has 1 atom stereocenters. The van der Waals surface area contributed by atoms with E-state index in [0.717, 1.165) is 54.0 Å². The van der Waals surface area contributed by atoms with Gasteiger partial charge in [-0.1, -0.05) is 11.6 Å². The molecule has 3 rings (SSSR count). The molecular formula is C15H17ClN2O. The van der Waals surface area contributed by atoms with Crippen LogP contribution in [0.3, 0.4) is 0 Å². The van der Waals surface area contributed by atoms with Gasteiger partial charge in [0.15, 0.2) is 0 Å². The summed E-state index contributed by atoms with van der Waals surface area (Å²) in [6.07, 6.45) is 5.33. The van der Waals surface area contributed by atoms with Crippen molar-refractivity contribution in [3.8, 4) is 5.75 Å². The Labute approximate surface area is 117 Å². The summed E-state index contributed by atoms with van der Waals surface area (Å²) < 4.78 is 6.14. The van der Waals surface area contributed by atoms with Gasteiger partial charge in [0.05, 0.1) is 5.02 Å². The summed E-state index contributed by atoms with van der Waals surface area (Å²) >= 11 is 6.19. The Morgan fingerprint density at radius 3 is 3.11 bits per heavy atom. The van der Waals surface area contributed by atoms with Crippen LogP contribution in [0.2, 0.25) is 5.02 Å². The van der Waals surface area contributed by atoms with Crippen LogP contribution in [0.25, 0.3) is 10.9 Å². The fraction of sp³-hybridized carbons (Fsp3) is 0.400. The van der Waals surface area contributed by atoms with Crippen LogP contribution in [0.15, 0.2) is 30.5 Å². The van der Waals surface area contributed by atoms with Gasteiger partial charge in [-0.2, -0.15) is 0 Å². The van der Waals surface area contributed by atoms with Crippen LogP contribution < -0.4 is 10.1 Å². The van der Waals surface area contributed by atoms with Gasteiger partial charge in [-0.25, -0.2) is 0 Å². The Morgan fingerprint density at radius 2 is 2.16 bits per heavy atom. The largest absolute Gasteiger partial charge is 0.488 e. The maximum absolute atomic E-state index is 6.19. The summed E-state index contributed by atoms with van der Waals surface area (Å²) in [5.41, 5.74) is 0.854. The average molecular weight is 277 g/mol. The van der Waals surface area contributed by atoms with Crippen LogP contribution >= 0.6 is 11.6 Å². The van der Waals surface area contributed by atoms with Gasteiger partial charge < -0.3 is 10.1 Å². The zero-order valence-electron chi connectivity index (χ0n) is 10.7. The lowest BCUT2D eigenvalue weighted by atomic mass is 10.1. The second-order valence-electron chi connectivity index (χ2n) is 4.87. The number of ether oxygens (including phenoxy) is 1. The minimum absolute atomic E-state index is 0.265. The molecule has 1 aromatic carbocycles. The summed E-state index contributed by atoms with van der Waals surface area (Å²) in [6.45, 7) is 2.10. The molecule has 2 aromatic rings. The van der Waals surface area contributed by atoms with Gasteiger partial charge in [-0.3, -0.25) is 4.98 Å². The maximum Gasteiger partial charge on any atom is 0.146 e. The van der Waals surface area contributed by atoms with Crippen molar-refractivity contribution >= 4 is 22.5 Å². The molecule has 0 amide bonds. The highest BCUT2D eigenvalue weighted by molar-refractivity contribution is 6.35. The lowest BCUT2D eigenvalue weighted by Gasteiger charge is -2.18. The third-order valence-corrected chi connectivity index (χ3v) is 3.83. The van der Waals surface area contributed by atoms with Gasteiger partial charge in [-0.15, -0.1) is 0 Å². The molecule has 1 fully saturated rings. The number of nitrogens with zero attached hydrogens (tertiary/aromatic N) is 1. The fourth-order valence-corrected chi connectivity index (χ4v) is 2.71. The average Bonchev–Trinajstić information content (AvgIpc) is 2.71.